The molecule has 6 nitrogen and oxygen atoms in total. The van der Waals surface area contributed by atoms with Crippen LogP contribution in [0.3, 0.4) is 0 Å². The van der Waals surface area contributed by atoms with Crippen molar-refractivity contribution in [3.63, 3.8) is 0 Å². The Balaban J connectivity index is 2.55. The second-order valence-corrected chi connectivity index (χ2v) is 4.65. The van der Waals surface area contributed by atoms with Crippen LogP contribution in [0, 0.1) is 0 Å². The van der Waals surface area contributed by atoms with Gasteiger partial charge >= 0.3 is 11.9 Å². The Morgan fingerprint density at radius 2 is 2.10 bits per heavy atom. The maximum absolute atomic E-state index is 11.7. The molecule has 0 radical (unpaired) electrons. The maximum atomic E-state index is 11.7. The Morgan fingerprint density at radius 1 is 1.33 bits per heavy atom. The molecule has 0 saturated carbocycles. The van der Waals surface area contributed by atoms with Crippen LogP contribution in [0.15, 0.2) is 18.2 Å². The van der Waals surface area contributed by atoms with Gasteiger partial charge in [0.25, 0.3) is 0 Å². The Kier molecular flexibility index (Phi) is 4.57. The fourth-order valence-electron chi connectivity index (χ4n) is 2.29. The highest BCUT2D eigenvalue weighted by atomic mass is 16.5. The molecule has 6 heteroatoms. The van der Waals surface area contributed by atoms with Crippen LogP contribution in [0.4, 0.5) is 0 Å². The van der Waals surface area contributed by atoms with Gasteiger partial charge in [0.15, 0.2) is 0 Å². The van der Waals surface area contributed by atoms with E-state index in [4.69, 9.17) is 4.74 Å². The molecule has 1 N–H and O–H groups in total. The number of ether oxygens (including phenoxy) is 1. The van der Waals surface area contributed by atoms with Crippen LogP contribution in [0.5, 0.6) is 0 Å². The largest absolute Gasteiger partial charge is 0.478 e. The van der Waals surface area contributed by atoms with Crippen molar-refractivity contribution >= 4 is 23.0 Å². The third-order valence-corrected chi connectivity index (χ3v) is 3.15. The van der Waals surface area contributed by atoms with Gasteiger partial charge in [-0.05, 0) is 25.5 Å². The molecule has 1 aromatic heterocycles. The molecule has 0 atom stereocenters. The lowest BCUT2D eigenvalue weighted by Gasteiger charge is -2.08. The van der Waals surface area contributed by atoms with Gasteiger partial charge in [-0.1, -0.05) is 13.0 Å². The highest BCUT2D eigenvalue weighted by molar-refractivity contribution is 6.01. The number of esters is 1. The minimum absolute atomic E-state index is 0.0444. The molecule has 0 aliphatic rings. The quantitative estimate of drug-likeness (QED) is 0.825. The predicted molar refractivity (Wildman–Crippen MR) is 77.3 cm³/mol. The van der Waals surface area contributed by atoms with Crippen molar-refractivity contribution in [3.05, 3.63) is 29.6 Å². The number of hydrogen-bond donors (Lipinski definition) is 1. The highest BCUT2D eigenvalue weighted by Gasteiger charge is 2.18. The number of carboxylic acid groups (broad SMARTS) is 1. The van der Waals surface area contributed by atoms with E-state index in [0.717, 1.165) is 6.42 Å². The Labute approximate surface area is 122 Å². The van der Waals surface area contributed by atoms with E-state index in [9.17, 15) is 14.7 Å². The second kappa shape index (κ2) is 6.39. The zero-order chi connectivity index (χ0) is 15.4. The summed E-state index contributed by atoms with van der Waals surface area (Å²) in [7, 11) is 0. The van der Waals surface area contributed by atoms with Crippen LogP contribution in [0.25, 0.3) is 11.0 Å². The molecule has 0 spiro atoms. The highest BCUT2D eigenvalue weighted by Crippen LogP contribution is 2.21. The molecule has 0 unspecified atom stereocenters. The van der Waals surface area contributed by atoms with Crippen LogP contribution in [0.1, 0.15) is 36.5 Å². The van der Waals surface area contributed by atoms with Crippen molar-refractivity contribution in [2.75, 3.05) is 6.61 Å². The fourth-order valence-corrected chi connectivity index (χ4v) is 2.29. The number of carboxylic acids is 1. The van der Waals surface area contributed by atoms with Gasteiger partial charge in [-0.15, -0.1) is 0 Å². The summed E-state index contributed by atoms with van der Waals surface area (Å²) >= 11 is 0. The van der Waals surface area contributed by atoms with E-state index in [1.54, 1.807) is 23.6 Å². The Hall–Kier alpha value is -2.37. The Bertz CT molecular complexity index is 676. The first-order valence-electron chi connectivity index (χ1n) is 6.95. The number of benzene rings is 1. The van der Waals surface area contributed by atoms with Gasteiger partial charge in [0.05, 0.1) is 17.7 Å². The number of fused-ring (bicyclic) bond motifs is 1. The normalized spacial score (nSPS) is 10.8. The third kappa shape index (κ3) is 3.04. The second-order valence-electron chi connectivity index (χ2n) is 4.65. The van der Waals surface area contributed by atoms with E-state index in [1.165, 1.54) is 6.07 Å². The number of carbonyl (C=O) groups excluding carboxylic acids is 1. The number of aromatic carboxylic acids is 1. The summed E-state index contributed by atoms with van der Waals surface area (Å²) in [6, 6.07) is 4.94. The zero-order valence-corrected chi connectivity index (χ0v) is 12.1. The number of rotatable bonds is 6. The Morgan fingerprint density at radius 3 is 2.71 bits per heavy atom. The molecule has 112 valence electrons. The molecule has 1 heterocycles. The molecule has 0 aliphatic carbocycles. The number of imidazole rings is 1. The molecule has 0 fully saturated rings. The van der Waals surface area contributed by atoms with Gasteiger partial charge in [0.2, 0.25) is 0 Å². The van der Waals surface area contributed by atoms with Crippen LogP contribution in [-0.4, -0.2) is 33.2 Å². The number of hydrogen-bond acceptors (Lipinski definition) is 4. The van der Waals surface area contributed by atoms with Crippen molar-refractivity contribution in [1.82, 2.24) is 9.55 Å². The molecule has 2 aromatic rings. The van der Waals surface area contributed by atoms with E-state index < -0.39 is 5.97 Å². The topological polar surface area (TPSA) is 81.4 Å². The average molecular weight is 290 g/mol. The summed E-state index contributed by atoms with van der Waals surface area (Å²) in [5.41, 5.74) is 1.21. The SMILES string of the molecule is CCCc1nc2c(C(=O)O)cccc2n1CC(=O)OCC. The molecule has 0 aliphatic heterocycles. The summed E-state index contributed by atoms with van der Waals surface area (Å²) in [4.78, 5) is 27.4. The van der Waals surface area contributed by atoms with Gasteiger partial charge in [-0.2, -0.15) is 0 Å². The number of carbonyl (C=O) groups is 2. The van der Waals surface area contributed by atoms with E-state index in [0.29, 0.717) is 29.9 Å². The first-order valence-corrected chi connectivity index (χ1v) is 6.95. The van der Waals surface area contributed by atoms with Crippen molar-refractivity contribution < 1.29 is 19.4 Å². The fraction of sp³-hybridized carbons (Fsp3) is 0.400. The average Bonchev–Trinajstić information content (AvgIpc) is 2.77. The minimum atomic E-state index is -1.02. The van der Waals surface area contributed by atoms with E-state index in [2.05, 4.69) is 4.98 Å². The summed E-state index contributed by atoms with van der Waals surface area (Å²) in [5, 5.41) is 9.24. The molecule has 0 saturated heterocycles. The monoisotopic (exact) mass is 290 g/mol. The predicted octanol–water partition coefficient (Wildman–Crippen LogP) is 2.25. The summed E-state index contributed by atoms with van der Waals surface area (Å²) in [6.07, 6.45) is 1.53. The summed E-state index contributed by atoms with van der Waals surface area (Å²) < 4.78 is 6.71. The van der Waals surface area contributed by atoms with Gasteiger partial charge in [-0.25, -0.2) is 9.78 Å². The van der Waals surface area contributed by atoms with Crippen molar-refractivity contribution in [2.24, 2.45) is 0 Å². The van der Waals surface area contributed by atoms with Crippen LogP contribution >= 0.6 is 0 Å². The van der Waals surface area contributed by atoms with Crippen molar-refractivity contribution in [2.45, 2.75) is 33.2 Å². The van der Waals surface area contributed by atoms with Gasteiger partial charge in [0, 0.05) is 6.42 Å². The first-order chi connectivity index (χ1) is 10.1. The van der Waals surface area contributed by atoms with Crippen LogP contribution in [0.2, 0.25) is 0 Å². The van der Waals surface area contributed by atoms with Gasteiger partial charge in [-0.3, -0.25) is 4.79 Å². The minimum Gasteiger partial charge on any atom is -0.478 e. The van der Waals surface area contributed by atoms with Crippen molar-refractivity contribution in [1.29, 1.82) is 0 Å². The van der Waals surface area contributed by atoms with E-state index in [1.807, 2.05) is 6.92 Å². The number of para-hydroxylation sites is 1. The van der Waals surface area contributed by atoms with Crippen LogP contribution < -0.4 is 0 Å². The number of aryl methyl sites for hydroxylation is 1. The molecule has 0 amide bonds. The molecular formula is C15H18N2O4. The van der Waals surface area contributed by atoms with Gasteiger partial charge in [0.1, 0.15) is 17.9 Å². The van der Waals surface area contributed by atoms with E-state index >= 15 is 0 Å². The summed E-state index contributed by atoms with van der Waals surface area (Å²) in [5.74, 6) is -0.673. The standard InChI is InChI=1S/C15H18N2O4/c1-3-6-12-16-14-10(15(19)20)7-5-8-11(14)17(12)9-13(18)21-4-2/h5,7-8H,3-4,6,9H2,1-2H3,(H,19,20). The molecule has 21 heavy (non-hydrogen) atoms. The lowest BCUT2D eigenvalue weighted by molar-refractivity contribution is -0.143. The molecule has 1 aromatic carbocycles. The van der Waals surface area contributed by atoms with Crippen LogP contribution in [-0.2, 0) is 22.5 Å². The van der Waals surface area contributed by atoms with E-state index in [-0.39, 0.29) is 18.1 Å². The maximum Gasteiger partial charge on any atom is 0.337 e. The van der Waals surface area contributed by atoms with Crippen molar-refractivity contribution in [3.8, 4) is 0 Å². The first kappa shape index (κ1) is 15.0. The molecular weight excluding hydrogens is 272 g/mol. The lowest BCUT2D eigenvalue weighted by atomic mass is 10.2. The number of aromatic nitrogens is 2. The molecule has 2 rings (SSSR count). The lowest BCUT2D eigenvalue weighted by Crippen LogP contribution is -2.15. The smallest absolute Gasteiger partial charge is 0.337 e. The summed E-state index contributed by atoms with van der Waals surface area (Å²) in [6.45, 7) is 4.11. The third-order valence-electron chi connectivity index (χ3n) is 3.15. The number of nitrogens with zero attached hydrogens (tertiary/aromatic N) is 2. The zero-order valence-electron chi connectivity index (χ0n) is 12.1. The molecule has 0 bridgehead atoms. The van der Waals surface area contributed by atoms with Gasteiger partial charge < -0.3 is 14.4 Å².